The van der Waals surface area contributed by atoms with Crippen molar-refractivity contribution in [2.45, 2.75) is 13.3 Å². The maximum atomic E-state index is 10.6. The van der Waals surface area contributed by atoms with Crippen LogP contribution in [0.4, 0.5) is 0 Å². The van der Waals surface area contributed by atoms with E-state index < -0.39 is 5.97 Å². The average Bonchev–Trinajstić information content (AvgIpc) is 2.16. The highest BCUT2D eigenvalue weighted by Crippen LogP contribution is 2.25. The third-order valence-corrected chi connectivity index (χ3v) is 1.95. The molecule has 1 aromatic rings. The standard InChI is InChI=1S/C10H11ClO3/c1-2-5-14-9-6-7(10(12)13)3-4-8(9)11/h3-4,6H,2,5H2,1H3,(H,12,13). The molecule has 0 amide bonds. The van der Waals surface area contributed by atoms with Gasteiger partial charge in [0, 0.05) is 0 Å². The molecule has 1 rings (SSSR count). The molecule has 0 aromatic heterocycles. The molecule has 1 aromatic carbocycles. The lowest BCUT2D eigenvalue weighted by atomic mass is 10.2. The number of carbonyl (C=O) groups is 1. The number of ether oxygens (including phenoxy) is 1. The van der Waals surface area contributed by atoms with Gasteiger partial charge in [-0.2, -0.15) is 0 Å². The van der Waals surface area contributed by atoms with Crippen LogP contribution >= 0.6 is 11.6 Å². The normalized spacial score (nSPS) is 9.86. The van der Waals surface area contributed by atoms with E-state index in [0.29, 0.717) is 17.4 Å². The number of benzene rings is 1. The lowest BCUT2D eigenvalue weighted by Gasteiger charge is -2.07. The fraction of sp³-hybridized carbons (Fsp3) is 0.300. The summed E-state index contributed by atoms with van der Waals surface area (Å²) < 4.78 is 5.28. The maximum Gasteiger partial charge on any atom is 0.335 e. The molecule has 3 nitrogen and oxygen atoms in total. The molecule has 0 aliphatic heterocycles. The van der Waals surface area contributed by atoms with Crippen LogP contribution in [0.2, 0.25) is 5.02 Å². The summed E-state index contributed by atoms with van der Waals surface area (Å²) in [5.41, 5.74) is 0.181. The molecule has 0 saturated heterocycles. The second kappa shape index (κ2) is 4.86. The number of aromatic carboxylic acids is 1. The van der Waals surface area contributed by atoms with Crippen molar-refractivity contribution in [3.05, 3.63) is 28.8 Å². The van der Waals surface area contributed by atoms with E-state index in [1.165, 1.54) is 18.2 Å². The van der Waals surface area contributed by atoms with E-state index in [9.17, 15) is 4.79 Å². The number of hydrogen-bond acceptors (Lipinski definition) is 2. The van der Waals surface area contributed by atoms with E-state index in [0.717, 1.165) is 6.42 Å². The Balaban J connectivity index is 2.90. The van der Waals surface area contributed by atoms with Crippen molar-refractivity contribution in [3.8, 4) is 5.75 Å². The van der Waals surface area contributed by atoms with Crippen LogP contribution in [0.3, 0.4) is 0 Å². The molecule has 0 radical (unpaired) electrons. The summed E-state index contributed by atoms with van der Waals surface area (Å²) in [5.74, 6) is -0.559. The van der Waals surface area contributed by atoms with E-state index >= 15 is 0 Å². The Morgan fingerprint density at radius 2 is 2.29 bits per heavy atom. The molecule has 0 aliphatic carbocycles. The molecule has 0 aliphatic rings. The topological polar surface area (TPSA) is 46.5 Å². The largest absolute Gasteiger partial charge is 0.492 e. The molecule has 0 heterocycles. The lowest BCUT2D eigenvalue weighted by Crippen LogP contribution is -2.00. The summed E-state index contributed by atoms with van der Waals surface area (Å²) in [6, 6.07) is 4.40. The van der Waals surface area contributed by atoms with Crippen molar-refractivity contribution in [3.63, 3.8) is 0 Å². The van der Waals surface area contributed by atoms with Gasteiger partial charge in [-0.1, -0.05) is 18.5 Å². The molecule has 0 spiro atoms. The van der Waals surface area contributed by atoms with Crippen molar-refractivity contribution >= 4 is 17.6 Å². The van der Waals surface area contributed by atoms with Crippen LogP contribution in [0, 0.1) is 0 Å². The minimum atomic E-state index is -0.983. The quantitative estimate of drug-likeness (QED) is 0.839. The Morgan fingerprint density at radius 1 is 1.57 bits per heavy atom. The predicted octanol–water partition coefficient (Wildman–Crippen LogP) is 2.83. The van der Waals surface area contributed by atoms with Crippen LogP contribution in [0.15, 0.2) is 18.2 Å². The van der Waals surface area contributed by atoms with Gasteiger partial charge in [-0.25, -0.2) is 4.79 Å². The van der Waals surface area contributed by atoms with Crippen molar-refractivity contribution < 1.29 is 14.6 Å². The smallest absolute Gasteiger partial charge is 0.335 e. The first-order valence-corrected chi connectivity index (χ1v) is 4.68. The summed E-state index contributed by atoms with van der Waals surface area (Å²) in [6.07, 6.45) is 0.855. The SMILES string of the molecule is CCCOc1cc(C(=O)O)ccc1Cl. The highest BCUT2D eigenvalue weighted by atomic mass is 35.5. The van der Waals surface area contributed by atoms with E-state index in [4.69, 9.17) is 21.4 Å². The summed E-state index contributed by atoms with van der Waals surface area (Å²) in [7, 11) is 0. The van der Waals surface area contributed by atoms with Gasteiger partial charge < -0.3 is 9.84 Å². The minimum Gasteiger partial charge on any atom is -0.492 e. The van der Waals surface area contributed by atoms with Crippen LogP contribution in [-0.4, -0.2) is 17.7 Å². The second-order valence-electron chi connectivity index (χ2n) is 2.80. The number of hydrogen-bond donors (Lipinski definition) is 1. The van der Waals surface area contributed by atoms with Gasteiger partial charge in [0.1, 0.15) is 5.75 Å². The molecular formula is C10H11ClO3. The van der Waals surface area contributed by atoms with Gasteiger partial charge in [-0.05, 0) is 24.6 Å². The van der Waals surface area contributed by atoms with Gasteiger partial charge >= 0.3 is 5.97 Å². The van der Waals surface area contributed by atoms with Gasteiger partial charge in [-0.3, -0.25) is 0 Å². The lowest BCUT2D eigenvalue weighted by molar-refractivity contribution is 0.0696. The third-order valence-electron chi connectivity index (χ3n) is 1.64. The second-order valence-corrected chi connectivity index (χ2v) is 3.21. The van der Waals surface area contributed by atoms with Gasteiger partial charge in [0.2, 0.25) is 0 Å². The van der Waals surface area contributed by atoms with Crippen LogP contribution in [0.1, 0.15) is 23.7 Å². The van der Waals surface area contributed by atoms with E-state index in [1.807, 2.05) is 6.92 Å². The Bertz CT molecular complexity index is 336. The van der Waals surface area contributed by atoms with Gasteiger partial charge in [0.25, 0.3) is 0 Å². The Kier molecular flexibility index (Phi) is 3.77. The number of carboxylic acids is 1. The summed E-state index contributed by atoms with van der Waals surface area (Å²) in [4.78, 5) is 10.6. The van der Waals surface area contributed by atoms with E-state index in [2.05, 4.69) is 0 Å². The molecule has 0 atom stereocenters. The Labute approximate surface area is 87.3 Å². The zero-order chi connectivity index (χ0) is 10.6. The first kappa shape index (κ1) is 10.9. The molecule has 4 heteroatoms. The highest BCUT2D eigenvalue weighted by Gasteiger charge is 2.07. The Morgan fingerprint density at radius 3 is 2.86 bits per heavy atom. The molecular weight excluding hydrogens is 204 g/mol. The fourth-order valence-corrected chi connectivity index (χ4v) is 1.13. The molecule has 0 fully saturated rings. The molecule has 0 unspecified atom stereocenters. The van der Waals surface area contributed by atoms with Crippen LogP contribution in [-0.2, 0) is 0 Å². The molecule has 14 heavy (non-hydrogen) atoms. The summed E-state index contributed by atoms with van der Waals surface area (Å²) in [6.45, 7) is 2.50. The van der Waals surface area contributed by atoms with Gasteiger partial charge in [0.15, 0.2) is 0 Å². The predicted molar refractivity (Wildman–Crippen MR) is 54.2 cm³/mol. The van der Waals surface area contributed by atoms with Crippen molar-refractivity contribution in [1.82, 2.24) is 0 Å². The third kappa shape index (κ3) is 2.64. The van der Waals surface area contributed by atoms with Gasteiger partial charge in [-0.15, -0.1) is 0 Å². The summed E-state index contributed by atoms with van der Waals surface area (Å²) in [5, 5.41) is 9.16. The summed E-state index contributed by atoms with van der Waals surface area (Å²) >= 11 is 5.82. The zero-order valence-electron chi connectivity index (χ0n) is 7.79. The number of rotatable bonds is 4. The molecule has 0 bridgehead atoms. The van der Waals surface area contributed by atoms with E-state index in [1.54, 1.807) is 0 Å². The highest BCUT2D eigenvalue weighted by molar-refractivity contribution is 6.32. The monoisotopic (exact) mass is 214 g/mol. The Hall–Kier alpha value is -1.22. The number of halogens is 1. The van der Waals surface area contributed by atoms with Crippen LogP contribution in [0.5, 0.6) is 5.75 Å². The zero-order valence-corrected chi connectivity index (χ0v) is 8.54. The fourth-order valence-electron chi connectivity index (χ4n) is 0.959. The van der Waals surface area contributed by atoms with Gasteiger partial charge in [0.05, 0.1) is 17.2 Å². The van der Waals surface area contributed by atoms with Crippen molar-refractivity contribution in [2.24, 2.45) is 0 Å². The first-order valence-electron chi connectivity index (χ1n) is 4.30. The van der Waals surface area contributed by atoms with Crippen molar-refractivity contribution in [1.29, 1.82) is 0 Å². The maximum absolute atomic E-state index is 10.6. The minimum absolute atomic E-state index is 0.181. The molecule has 76 valence electrons. The molecule has 1 N–H and O–H groups in total. The van der Waals surface area contributed by atoms with E-state index in [-0.39, 0.29) is 5.56 Å². The van der Waals surface area contributed by atoms with Crippen LogP contribution in [0.25, 0.3) is 0 Å². The van der Waals surface area contributed by atoms with Crippen LogP contribution < -0.4 is 4.74 Å². The average molecular weight is 215 g/mol. The van der Waals surface area contributed by atoms with Crippen molar-refractivity contribution in [2.75, 3.05) is 6.61 Å². The molecule has 0 saturated carbocycles. The first-order chi connectivity index (χ1) is 6.65. The number of carboxylic acid groups (broad SMARTS) is 1.